The molecule has 44 heavy (non-hydrogen) atoms. The molecule has 0 spiro atoms. The highest BCUT2D eigenvalue weighted by atomic mass is 79.9. The number of benzene rings is 2. The van der Waals surface area contributed by atoms with Crippen molar-refractivity contribution in [2.75, 3.05) is 17.2 Å². The van der Waals surface area contributed by atoms with E-state index >= 15 is 0 Å². The van der Waals surface area contributed by atoms with Crippen molar-refractivity contribution in [1.82, 2.24) is 39.5 Å². The van der Waals surface area contributed by atoms with Crippen molar-refractivity contribution in [3.8, 4) is 22.6 Å². The lowest BCUT2D eigenvalue weighted by atomic mass is 10.1. The van der Waals surface area contributed by atoms with E-state index in [1.54, 1.807) is 60.9 Å². The van der Waals surface area contributed by atoms with Crippen LogP contribution in [0.1, 0.15) is 0 Å². The van der Waals surface area contributed by atoms with Gasteiger partial charge >= 0.3 is 0 Å². The van der Waals surface area contributed by atoms with Crippen LogP contribution in [-0.2, 0) is 0 Å². The first kappa shape index (κ1) is 28.9. The molecule has 0 bridgehead atoms. The number of nitrogens with zero attached hydrogens (tertiary/aromatic N) is 6. The van der Waals surface area contributed by atoms with Crippen LogP contribution in [0.5, 0.6) is 0 Å². The minimum absolute atomic E-state index is 0.102. The monoisotopic (exact) mass is 691 g/mol. The number of nitrogens with two attached hydrogens (primary N) is 3. The maximum atomic E-state index is 12.9. The predicted octanol–water partition coefficient (Wildman–Crippen LogP) is 4.70. The average molecular weight is 693 g/mol. The third kappa shape index (κ3) is 5.04. The van der Waals surface area contributed by atoms with E-state index < -0.39 is 0 Å². The van der Waals surface area contributed by atoms with Crippen molar-refractivity contribution in [3.05, 3.63) is 109 Å². The Morgan fingerprint density at radius 1 is 0.727 bits per heavy atom. The molecule has 220 valence electrons. The Kier molecular flexibility index (Phi) is 7.55. The van der Waals surface area contributed by atoms with E-state index in [0.717, 1.165) is 0 Å². The van der Waals surface area contributed by atoms with Gasteiger partial charge in [-0.3, -0.25) is 28.9 Å². The minimum atomic E-state index is -0.333. The molecule has 0 aliphatic heterocycles. The van der Waals surface area contributed by atoms with Crippen molar-refractivity contribution in [2.45, 2.75) is 0 Å². The molecule has 0 radical (unpaired) electrons. The Morgan fingerprint density at radius 2 is 1.25 bits per heavy atom. The molecule has 7 aromatic rings. The summed E-state index contributed by atoms with van der Waals surface area (Å²) in [5.41, 5.74) is 20.1. The number of anilines is 3. The number of aromatic amines is 2. The highest BCUT2D eigenvalue weighted by Crippen LogP contribution is 2.29. The lowest BCUT2D eigenvalue weighted by Gasteiger charge is -2.11. The maximum Gasteiger partial charge on any atom is 0.268 e. The van der Waals surface area contributed by atoms with Crippen LogP contribution in [-0.4, -0.2) is 39.5 Å². The van der Waals surface area contributed by atoms with Gasteiger partial charge in [-0.2, -0.15) is 10.2 Å². The molecule has 0 aliphatic rings. The summed E-state index contributed by atoms with van der Waals surface area (Å²) in [5.74, 6) is 0.577. The normalized spacial score (nSPS) is 11.1. The quantitative estimate of drug-likeness (QED) is 0.174. The molecule has 2 aromatic carbocycles. The van der Waals surface area contributed by atoms with Gasteiger partial charge in [-0.15, -0.1) is 0 Å². The Labute approximate surface area is 265 Å². The fourth-order valence-corrected chi connectivity index (χ4v) is 5.55. The number of H-pyrrole nitrogens is 2. The summed E-state index contributed by atoms with van der Waals surface area (Å²) in [7, 11) is 0. The second-order valence-electron chi connectivity index (χ2n) is 9.32. The minimum Gasteiger partial charge on any atom is -0.384 e. The summed E-state index contributed by atoms with van der Waals surface area (Å²) in [4.78, 5) is 33.5. The maximum absolute atomic E-state index is 12.9. The predicted molar refractivity (Wildman–Crippen MR) is 175 cm³/mol. The molecule has 0 aliphatic carbocycles. The van der Waals surface area contributed by atoms with Crippen LogP contribution in [0.25, 0.3) is 44.4 Å². The topological polar surface area (TPSA) is 205 Å². The van der Waals surface area contributed by atoms with Crippen LogP contribution in [0, 0.1) is 0 Å². The lowest BCUT2D eigenvalue weighted by Crippen LogP contribution is -2.19. The van der Waals surface area contributed by atoms with E-state index in [0.29, 0.717) is 59.4 Å². The smallest absolute Gasteiger partial charge is 0.268 e. The number of nitrogen functional groups attached to an aromatic ring is 3. The Hall–Kier alpha value is -5.18. The van der Waals surface area contributed by atoms with Crippen LogP contribution in [0.15, 0.2) is 87.4 Å². The number of hydrogen-bond donors (Lipinski definition) is 5. The molecule has 13 nitrogen and oxygen atoms in total. The van der Waals surface area contributed by atoms with Gasteiger partial charge in [-0.25, -0.2) is 9.97 Å². The standard InChI is InChI=1S/C16H12ClN7O.C12H8BrClN4O/c17-9-3-1-2-4-11(9)24-6-8(10-5-12(18)21-7-20-10)14-13(16(24)25)15(19)23-22-14;13-6-5-18(8-4-2-1-3-7(8)14)12(19)9-10(6)16-17-11(9)15/h1-7H,(H2,18,20,21)(H3,19,22,23);1-5H,(H3,15,16,17). The molecule has 0 atom stereocenters. The van der Waals surface area contributed by atoms with Gasteiger partial charge in [0.2, 0.25) is 0 Å². The molecule has 7 rings (SSSR count). The molecule has 0 saturated carbocycles. The molecule has 8 N–H and O–H groups in total. The number of rotatable bonds is 3. The third-order valence-electron chi connectivity index (χ3n) is 6.65. The second kappa shape index (κ2) is 11.5. The Bertz CT molecular complexity index is 2330. The van der Waals surface area contributed by atoms with Crippen LogP contribution >= 0.6 is 39.1 Å². The van der Waals surface area contributed by atoms with Crippen molar-refractivity contribution in [3.63, 3.8) is 0 Å². The van der Waals surface area contributed by atoms with E-state index in [1.165, 1.54) is 15.5 Å². The van der Waals surface area contributed by atoms with Crippen molar-refractivity contribution in [1.29, 1.82) is 0 Å². The number of halogens is 3. The van der Waals surface area contributed by atoms with Gasteiger partial charge in [-0.1, -0.05) is 47.5 Å². The number of aromatic nitrogens is 8. The lowest BCUT2D eigenvalue weighted by molar-refractivity contribution is 1.00. The van der Waals surface area contributed by atoms with Crippen LogP contribution < -0.4 is 28.3 Å². The average Bonchev–Trinajstić information content (AvgIpc) is 3.60. The summed E-state index contributed by atoms with van der Waals surface area (Å²) >= 11 is 15.8. The third-order valence-corrected chi connectivity index (χ3v) is 7.89. The number of fused-ring (bicyclic) bond motifs is 2. The van der Waals surface area contributed by atoms with E-state index in [2.05, 4.69) is 46.3 Å². The fraction of sp³-hybridized carbons (Fsp3) is 0. The number of pyridine rings is 2. The molecule has 5 heterocycles. The van der Waals surface area contributed by atoms with E-state index in [4.69, 9.17) is 40.4 Å². The first-order chi connectivity index (χ1) is 21.2. The van der Waals surface area contributed by atoms with Gasteiger partial charge in [0.05, 0.1) is 42.6 Å². The summed E-state index contributed by atoms with van der Waals surface area (Å²) < 4.78 is 3.55. The second-order valence-corrected chi connectivity index (χ2v) is 11.0. The molecule has 0 unspecified atom stereocenters. The SMILES string of the molecule is Nc1cc(-c2cn(-c3ccccc3Cl)c(=O)c3c(N)n[nH]c23)ncn1.Nc1n[nH]c2c(Br)cn(-c3ccccc3Cl)c(=O)c12. The molecule has 16 heteroatoms. The highest BCUT2D eigenvalue weighted by Gasteiger charge is 2.19. The molecule has 0 saturated heterocycles. The zero-order valence-corrected chi connectivity index (χ0v) is 25.4. The van der Waals surface area contributed by atoms with E-state index in [1.807, 2.05) is 6.07 Å². The summed E-state index contributed by atoms with van der Waals surface area (Å²) in [6.45, 7) is 0. The van der Waals surface area contributed by atoms with Crippen LogP contribution in [0.4, 0.5) is 17.5 Å². The van der Waals surface area contributed by atoms with Gasteiger partial charge in [-0.05, 0) is 40.2 Å². The molecular formula is C28H20BrCl2N11O2. The largest absolute Gasteiger partial charge is 0.384 e. The first-order valence-corrected chi connectivity index (χ1v) is 14.2. The summed E-state index contributed by atoms with van der Waals surface area (Å²) in [6, 6.07) is 15.7. The van der Waals surface area contributed by atoms with Gasteiger partial charge in [0.1, 0.15) is 22.9 Å². The van der Waals surface area contributed by atoms with Gasteiger partial charge < -0.3 is 17.2 Å². The van der Waals surface area contributed by atoms with Crippen LogP contribution in [0.2, 0.25) is 10.0 Å². The Balaban J connectivity index is 0.000000162. The molecular weight excluding hydrogens is 673 g/mol. The van der Waals surface area contributed by atoms with E-state index in [-0.39, 0.29) is 28.1 Å². The van der Waals surface area contributed by atoms with Crippen molar-refractivity contribution < 1.29 is 0 Å². The number of para-hydroxylation sites is 2. The first-order valence-electron chi connectivity index (χ1n) is 12.7. The number of nitrogens with one attached hydrogen (secondary N) is 2. The highest BCUT2D eigenvalue weighted by molar-refractivity contribution is 9.10. The van der Waals surface area contributed by atoms with E-state index in [9.17, 15) is 9.59 Å². The molecule has 0 amide bonds. The van der Waals surface area contributed by atoms with Crippen molar-refractivity contribution >= 4 is 78.4 Å². The zero-order chi connectivity index (χ0) is 31.1. The summed E-state index contributed by atoms with van der Waals surface area (Å²) in [6.07, 6.45) is 4.62. The fourth-order valence-electron chi connectivity index (χ4n) is 4.61. The summed E-state index contributed by atoms with van der Waals surface area (Å²) in [5, 5.41) is 14.8. The molecule has 5 aromatic heterocycles. The molecule has 0 fully saturated rings. The van der Waals surface area contributed by atoms with Crippen molar-refractivity contribution in [2.24, 2.45) is 0 Å². The van der Waals surface area contributed by atoms with Gasteiger partial charge in [0.15, 0.2) is 11.6 Å². The zero-order valence-electron chi connectivity index (χ0n) is 22.3. The number of hydrogen-bond acceptors (Lipinski definition) is 9. The Morgan fingerprint density at radius 3 is 1.82 bits per heavy atom. The van der Waals surface area contributed by atoms with Gasteiger partial charge in [0.25, 0.3) is 11.1 Å². The van der Waals surface area contributed by atoms with Gasteiger partial charge in [0, 0.05) is 24.0 Å². The van der Waals surface area contributed by atoms with Crippen LogP contribution in [0.3, 0.4) is 0 Å².